The zero-order valence-corrected chi connectivity index (χ0v) is 33.9. The lowest BCUT2D eigenvalue weighted by Crippen LogP contribution is -2.58. The van der Waals surface area contributed by atoms with Gasteiger partial charge < -0.3 is 49.0 Å². The number of likely N-dealkylation sites (N-methyl/N-ethyl adjacent to an activating group) is 1. The third-order valence-corrected chi connectivity index (χ3v) is 11.9. The fraction of sp³-hybridized carbons (Fsp3) is 0.707. The number of hydrogen-bond donors (Lipinski definition) is 2. The number of fused-ring (bicyclic) bond motifs is 4. The SMILES string of the molecule is C=Cc1ccc(CO/N=C2\CO[C@@H]3C[C@@H](OC4O[C@H](C)C[C@H](N(C)C)[C@H]4O)[C@](C)(C[C@@H](C)C(=O)[C@H](C)C4N=C(N)OC4(C)[C@@H](CC)OC(=O)[C@@H]3C)OC2)cc1. The summed E-state index contributed by atoms with van der Waals surface area (Å²) in [5, 5.41) is 16.0. The van der Waals surface area contributed by atoms with E-state index in [1.54, 1.807) is 19.9 Å². The maximum Gasteiger partial charge on any atom is 0.311 e. The Morgan fingerprint density at radius 3 is 2.45 bits per heavy atom. The minimum atomic E-state index is -1.18. The summed E-state index contributed by atoms with van der Waals surface area (Å²) in [5.74, 6) is -2.63. The van der Waals surface area contributed by atoms with Gasteiger partial charge in [0, 0.05) is 24.3 Å². The number of aliphatic imine (C=N–C) groups is 1. The van der Waals surface area contributed by atoms with Crippen molar-refractivity contribution in [3.63, 3.8) is 0 Å². The fourth-order valence-electron chi connectivity index (χ4n) is 8.43. The summed E-state index contributed by atoms with van der Waals surface area (Å²) in [6.45, 7) is 16.9. The Labute approximate surface area is 325 Å². The van der Waals surface area contributed by atoms with Crippen molar-refractivity contribution in [2.24, 2.45) is 33.6 Å². The van der Waals surface area contributed by atoms with Gasteiger partial charge in [-0.25, -0.2) is 4.99 Å². The molecular weight excluding hydrogens is 708 g/mol. The number of rotatable bonds is 8. The summed E-state index contributed by atoms with van der Waals surface area (Å²) >= 11 is 0. The first-order valence-corrected chi connectivity index (χ1v) is 19.6. The van der Waals surface area contributed by atoms with E-state index in [0.717, 1.165) is 11.1 Å². The Morgan fingerprint density at radius 1 is 1.09 bits per heavy atom. The van der Waals surface area contributed by atoms with E-state index < -0.39 is 71.7 Å². The monoisotopic (exact) mass is 770 g/mol. The molecule has 4 aliphatic rings. The molecule has 0 radical (unpaired) electrons. The molecule has 1 aromatic rings. The van der Waals surface area contributed by atoms with E-state index in [-0.39, 0.29) is 56.6 Å². The molecule has 0 saturated carbocycles. The van der Waals surface area contributed by atoms with Crippen LogP contribution in [0.25, 0.3) is 6.08 Å². The molecule has 3 unspecified atom stereocenters. The van der Waals surface area contributed by atoms with Crippen LogP contribution in [0.1, 0.15) is 85.3 Å². The van der Waals surface area contributed by atoms with Crippen molar-refractivity contribution in [2.75, 3.05) is 27.3 Å². The number of nitrogens with zero attached hydrogens (tertiary/aromatic N) is 3. The van der Waals surface area contributed by atoms with Crippen molar-refractivity contribution < 1.29 is 48.0 Å². The topological polar surface area (TPSA) is 173 Å². The number of oxime groups is 1. The zero-order chi connectivity index (χ0) is 40.2. The predicted molar refractivity (Wildman–Crippen MR) is 207 cm³/mol. The molecule has 3 saturated heterocycles. The highest BCUT2D eigenvalue weighted by molar-refractivity contribution is 5.87. The van der Waals surface area contributed by atoms with Crippen LogP contribution in [0.5, 0.6) is 0 Å². The maximum atomic E-state index is 14.4. The van der Waals surface area contributed by atoms with Gasteiger partial charge in [0.25, 0.3) is 6.02 Å². The van der Waals surface area contributed by atoms with Crippen LogP contribution in [-0.2, 0) is 49.5 Å². The predicted octanol–water partition coefficient (Wildman–Crippen LogP) is 4.25. The largest absolute Gasteiger partial charge is 0.458 e. The molecule has 0 aliphatic carbocycles. The van der Waals surface area contributed by atoms with Gasteiger partial charge in [0.05, 0.1) is 43.0 Å². The molecule has 3 N–H and O–H groups in total. The van der Waals surface area contributed by atoms with Crippen molar-refractivity contribution in [3.05, 3.63) is 42.0 Å². The van der Waals surface area contributed by atoms with Gasteiger partial charge in [-0.05, 0) is 72.2 Å². The Bertz CT molecular complexity index is 1570. The van der Waals surface area contributed by atoms with Crippen molar-refractivity contribution in [1.82, 2.24) is 4.90 Å². The highest BCUT2D eigenvalue weighted by Crippen LogP contribution is 2.41. The van der Waals surface area contributed by atoms with Crippen LogP contribution in [0.15, 0.2) is 41.0 Å². The van der Waals surface area contributed by atoms with Gasteiger partial charge in [-0.15, -0.1) is 0 Å². The number of Topliss-reactive ketones (excluding diaryl/α,β-unsaturated/α-hetero) is 1. The summed E-state index contributed by atoms with van der Waals surface area (Å²) in [7, 11) is 3.82. The molecular formula is C41H62N4O10. The van der Waals surface area contributed by atoms with Crippen LogP contribution in [0.4, 0.5) is 0 Å². The van der Waals surface area contributed by atoms with Gasteiger partial charge >= 0.3 is 5.97 Å². The van der Waals surface area contributed by atoms with Crippen molar-refractivity contribution in [2.45, 2.75) is 141 Å². The normalized spacial score (nSPS) is 39.9. The smallest absolute Gasteiger partial charge is 0.311 e. The third-order valence-electron chi connectivity index (χ3n) is 11.9. The van der Waals surface area contributed by atoms with E-state index in [1.807, 2.05) is 77.9 Å². The fourth-order valence-corrected chi connectivity index (χ4v) is 8.43. The van der Waals surface area contributed by atoms with E-state index in [4.69, 9.17) is 39.0 Å². The van der Waals surface area contributed by atoms with E-state index in [0.29, 0.717) is 18.6 Å². The molecule has 2 bridgehead atoms. The lowest BCUT2D eigenvalue weighted by Gasteiger charge is -2.46. The molecule has 306 valence electrons. The standard InChI is InChI=1S/C41H62N4O10/c1-11-27-13-15-28(16-14-27)20-51-44-29-21-49-31-18-33(54-38-35(47)30(45(9)10)17-24(4)52-38)40(7,50-22-29)19-23(3)34(46)26(6)36-41(8,55-39(42)43-36)32(12-2)53-37(48)25(31)5/h11,13-16,23-26,30-33,35-36,38,47H,1,12,17-22H2,2-10H3,(H2,42,43)/b44-29+/t23-,24-,25-,26+,30+,31-,32-,33-,35-,36?,38?,40+,41?/m1/s1. The number of cyclic esters (lactones) is 1. The minimum Gasteiger partial charge on any atom is -0.458 e. The Balaban J connectivity index is 1.55. The van der Waals surface area contributed by atoms with Gasteiger partial charge in [-0.3, -0.25) is 9.59 Å². The molecule has 4 aliphatic heterocycles. The number of esters is 1. The molecule has 4 heterocycles. The second-order valence-electron chi connectivity index (χ2n) is 16.4. The second kappa shape index (κ2) is 17.8. The molecule has 14 nitrogen and oxygen atoms in total. The summed E-state index contributed by atoms with van der Waals surface area (Å²) in [6.07, 6.45) is -1.49. The molecule has 1 aromatic carbocycles. The van der Waals surface area contributed by atoms with E-state index in [9.17, 15) is 14.7 Å². The first kappa shape index (κ1) is 42.7. The number of ketones is 1. The Morgan fingerprint density at radius 2 is 1.80 bits per heavy atom. The average molecular weight is 771 g/mol. The van der Waals surface area contributed by atoms with Crippen molar-refractivity contribution in [3.8, 4) is 0 Å². The zero-order valence-electron chi connectivity index (χ0n) is 33.9. The van der Waals surface area contributed by atoms with Crippen LogP contribution < -0.4 is 5.73 Å². The number of nitrogens with two attached hydrogens (primary N) is 1. The molecule has 55 heavy (non-hydrogen) atoms. The van der Waals surface area contributed by atoms with Crippen molar-refractivity contribution >= 4 is 29.6 Å². The number of ether oxygens (including phenoxy) is 6. The van der Waals surface area contributed by atoms with Crippen LogP contribution in [0.2, 0.25) is 0 Å². The summed E-state index contributed by atoms with van der Waals surface area (Å²) in [6, 6.07) is 6.77. The molecule has 0 aromatic heterocycles. The molecule has 13 atom stereocenters. The molecule has 3 fully saturated rings. The lowest BCUT2D eigenvalue weighted by atomic mass is 9.75. The first-order valence-electron chi connectivity index (χ1n) is 19.6. The van der Waals surface area contributed by atoms with Crippen molar-refractivity contribution in [1.29, 1.82) is 0 Å². The number of benzene rings is 1. The van der Waals surface area contributed by atoms with Crippen LogP contribution >= 0.6 is 0 Å². The third kappa shape index (κ3) is 9.60. The van der Waals surface area contributed by atoms with Crippen LogP contribution in [0, 0.1) is 17.8 Å². The summed E-state index contributed by atoms with van der Waals surface area (Å²) in [5.41, 5.74) is 6.12. The molecule has 0 amide bonds. The highest BCUT2D eigenvalue weighted by Gasteiger charge is 2.55. The molecule has 14 heteroatoms. The van der Waals surface area contributed by atoms with Gasteiger partial charge in [0.2, 0.25) is 0 Å². The second-order valence-corrected chi connectivity index (χ2v) is 16.4. The number of hydrogen-bond acceptors (Lipinski definition) is 14. The highest BCUT2D eigenvalue weighted by atomic mass is 16.7. The quantitative estimate of drug-likeness (QED) is 0.285. The van der Waals surface area contributed by atoms with E-state index in [1.165, 1.54) is 0 Å². The number of aliphatic hydroxyl groups is 1. The minimum absolute atomic E-state index is 0.0151. The maximum absolute atomic E-state index is 14.4. The Kier molecular flexibility index (Phi) is 13.8. The lowest BCUT2D eigenvalue weighted by molar-refractivity contribution is -0.294. The summed E-state index contributed by atoms with van der Waals surface area (Å²) < 4.78 is 38.7. The van der Waals surface area contributed by atoms with Gasteiger partial charge in [0.15, 0.2) is 11.9 Å². The number of aliphatic hydroxyl groups excluding tert-OH is 1. The first-order chi connectivity index (χ1) is 26.0. The molecule has 5 rings (SSSR count). The van der Waals surface area contributed by atoms with Gasteiger partial charge in [-0.1, -0.05) is 62.8 Å². The van der Waals surface area contributed by atoms with E-state index >= 15 is 0 Å². The van der Waals surface area contributed by atoms with Gasteiger partial charge in [0.1, 0.15) is 36.4 Å². The van der Waals surface area contributed by atoms with Crippen LogP contribution in [-0.4, -0.2) is 121 Å². The average Bonchev–Trinajstić information content (AvgIpc) is 3.49. The number of amidine groups is 1. The molecule has 0 spiro atoms. The number of carbonyl (C=O) groups is 2. The van der Waals surface area contributed by atoms with Crippen LogP contribution in [0.3, 0.4) is 0 Å². The number of carbonyl (C=O) groups excluding carboxylic acids is 2. The Hall–Kier alpha value is -3.40. The summed E-state index contributed by atoms with van der Waals surface area (Å²) in [4.78, 5) is 41.0. The van der Waals surface area contributed by atoms with E-state index in [2.05, 4.69) is 16.7 Å². The van der Waals surface area contributed by atoms with Gasteiger partial charge in [-0.2, -0.15) is 0 Å².